The molecule has 0 aliphatic carbocycles. The number of nitrogens with one attached hydrogen (secondary N) is 1. The van der Waals surface area contributed by atoms with Gasteiger partial charge in [-0.3, -0.25) is 15.1 Å². The summed E-state index contributed by atoms with van der Waals surface area (Å²) in [4.78, 5) is 12.3. The third-order valence-corrected chi connectivity index (χ3v) is 2.57. The molecule has 1 rings (SSSR count). The van der Waals surface area contributed by atoms with Crippen molar-refractivity contribution in [2.24, 2.45) is 5.84 Å². The molecule has 0 atom stereocenters. The quantitative estimate of drug-likeness (QED) is 0.408. The number of rotatable bonds is 6. The Kier molecular flexibility index (Phi) is 5.93. The summed E-state index contributed by atoms with van der Waals surface area (Å²) in [5, 5.41) is 8.78. The van der Waals surface area contributed by atoms with E-state index in [2.05, 4.69) is 0 Å². The molecular formula is C12H16F3N3O2. The monoisotopic (exact) mass is 291 g/mol. The number of hydrazine groups is 1. The molecule has 0 fully saturated rings. The standard InChI is InChI=1S/C12H16F3N3O2/c13-12(14,15)8-18(5-6-19)7-9-1-3-10(4-2-9)11(20)17-16/h1-4,19H,5-8,16H2,(H,17,20). The average molecular weight is 291 g/mol. The van der Waals surface area contributed by atoms with Crippen LogP contribution in [0.5, 0.6) is 0 Å². The highest BCUT2D eigenvalue weighted by atomic mass is 19.4. The van der Waals surface area contributed by atoms with E-state index in [-0.39, 0.29) is 19.7 Å². The van der Waals surface area contributed by atoms with Gasteiger partial charge in [-0.05, 0) is 17.7 Å². The third kappa shape index (κ3) is 5.55. The Bertz CT molecular complexity index is 435. The number of benzene rings is 1. The molecule has 1 amide bonds. The first kappa shape index (κ1) is 16.4. The molecule has 112 valence electrons. The summed E-state index contributed by atoms with van der Waals surface area (Å²) < 4.78 is 37.1. The molecule has 5 nitrogen and oxygen atoms in total. The van der Waals surface area contributed by atoms with E-state index in [9.17, 15) is 18.0 Å². The molecule has 0 unspecified atom stereocenters. The van der Waals surface area contributed by atoms with E-state index < -0.39 is 18.6 Å². The molecule has 0 saturated carbocycles. The molecule has 4 N–H and O–H groups in total. The van der Waals surface area contributed by atoms with Crippen molar-refractivity contribution >= 4 is 5.91 Å². The van der Waals surface area contributed by atoms with E-state index >= 15 is 0 Å². The minimum Gasteiger partial charge on any atom is -0.395 e. The Labute approximate surface area is 114 Å². The number of alkyl halides is 3. The molecule has 0 radical (unpaired) electrons. The summed E-state index contributed by atoms with van der Waals surface area (Å²) in [6.45, 7) is -1.50. The molecule has 0 heterocycles. The second kappa shape index (κ2) is 7.22. The number of nitrogens with zero attached hydrogens (tertiary/aromatic N) is 1. The van der Waals surface area contributed by atoms with Crippen molar-refractivity contribution in [1.29, 1.82) is 0 Å². The van der Waals surface area contributed by atoms with Crippen molar-refractivity contribution in [2.75, 3.05) is 19.7 Å². The van der Waals surface area contributed by atoms with Gasteiger partial charge in [0, 0.05) is 18.7 Å². The molecular weight excluding hydrogens is 275 g/mol. The largest absolute Gasteiger partial charge is 0.401 e. The lowest BCUT2D eigenvalue weighted by atomic mass is 10.1. The molecule has 0 spiro atoms. The number of hydrogen-bond acceptors (Lipinski definition) is 4. The van der Waals surface area contributed by atoms with Gasteiger partial charge in [-0.15, -0.1) is 0 Å². The van der Waals surface area contributed by atoms with Gasteiger partial charge < -0.3 is 5.11 Å². The number of hydrogen-bond donors (Lipinski definition) is 3. The number of nitrogens with two attached hydrogens (primary N) is 1. The van der Waals surface area contributed by atoms with Crippen molar-refractivity contribution in [3.63, 3.8) is 0 Å². The summed E-state index contributed by atoms with van der Waals surface area (Å²) in [5.41, 5.74) is 2.89. The number of halogens is 3. The lowest BCUT2D eigenvalue weighted by molar-refractivity contribution is -0.147. The van der Waals surface area contributed by atoms with Crippen molar-refractivity contribution < 1.29 is 23.1 Å². The molecule has 0 aliphatic heterocycles. The van der Waals surface area contributed by atoms with E-state index in [0.717, 1.165) is 4.90 Å². The van der Waals surface area contributed by atoms with Crippen LogP contribution < -0.4 is 11.3 Å². The first-order valence-corrected chi connectivity index (χ1v) is 5.85. The van der Waals surface area contributed by atoms with Crippen LogP contribution in [0.4, 0.5) is 13.2 Å². The Balaban J connectivity index is 2.71. The van der Waals surface area contributed by atoms with E-state index in [1.165, 1.54) is 12.1 Å². The van der Waals surface area contributed by atoms with E-state index in [1.54, 1.807) is 12.1 Å². The highest BCUT2D eigenvalue weighted by Crippen LogP contribution is 2.18. The van der Waals surface area contributed by atoms with Gasteiger partial charge in [0.2, 0.25) is 0 Å². The van der Waals surface area contributed by atoms with Crippen LogP contribution >= 0.6 is 0 Å². The van der Waals surface area contributed by atoms with Gasteiger partial charge in [0.15, 0.2) is 0 Å². The lowest BCUT2D eigenvalue weighted by Crippen LogP contribution is -2.35. The van der Waals surface area contributed by atoms with Gasteiger partial charge in [-0.25, -0.2) is 5.84 Å². The molecule has 1 aromatic carbocycles. The fourth-order valence-electron chi connectivity index (χ4n) is 1.71. The molecule has 0 saturated heterocycles. The molecule has 20 heavy (non-hydrogen) atoms. The van der Waals surface area contributed by atoms with Gasteiger partial charge in [-0.2, -0.15) is 13.2 Å². The minimum absolute atomic E-state index is 0.0323. The maximum atomic E-state index is 12.4. The number of nitrogen functional groups attached to an aromatic ring is 1. The SMILES string of the molecule is NNC(=O)c1ccc(CN(CCO)CC(F)(F)F)cc1. The smallest absolute Gasteiger partial charge is 0.395 e. The zero-order valence-corrected chi connectivity index (χ0v) is 10.7. The molecule has 8 heteroatoms. The summed E-state index contributed by atoms with van der Waals surface area (Å²) in [6, 6.07) is 6.04. The highest BCUT2D eigenvalue weighted by molar-refractivity contribution is 5.93. The Morgan fingerprint density at radius 2 is 1.90 bits per heavy atom. The van der Waals surface area contributed by atoms with Crippen LogP contribution in [0.3, 0.4) is 0 Å². The average Bonchev–Trinajstić information content (AvgIpc) is 2.37. The fourth-order valence-corrected chi connectivity index (χ4v) is 1.71. The van der Waals surface area contributed by atoms with E-state index in [4.69, 9.17) is 10.9 Å². The predicted molar refractivity (Wildman–Crippen MR) is 66.5 cm³/mol. The summed E-state index contributed by atoms with van der Waals surface area (Å²) in [5.74, 6) is 4.50. The molecule has 1 aromatic rings. The van der Waals surface area contributed by atoms with Crippen molar-refractivity contribution in [3.05, 3.63) is 35.4 Å². The first-order chi connectivity index (χ1) is 9.35. The van der Waals surface area contributed by atoms with Crippen LogP contribution in [0.1, 0.15) is 15.9 Å². The lowest BCUT2D eigenvalue weighted by Gasteiger charge is -2.22. The van der Waals surface area contributed by atoms with Crippen LogP contribution in [0, 0.1) is 0 Å². The minimum atomic E-state index is -4.32. The fraction of sp³-hybridized carbons (Fsp3) is 0.417. The van der Waals surface area contributed by atoms with Crippen LogP contribution in [0.25, 0.3) is 0 Å². The number of carbonyl (C=O) groups excluding carboxylic acids is 1. The molecule has 0 bridgehead atoms. The number of carbonyl (C=O) groups is 1. The summed E-state index contributed by atoms with van der Waals surface area (Å²) >= 11 is 0. The maximum absolute atomic E-state index is 12.4. The first-order valence-electron chi connectivity index (χ1n) is 5.85. The van der Waals surface area contributed by atoms with Gasteiger partial charge in [0.05, 0.1) is 13.2 Å². The van der Waals surface area contributed by atoms with Crippen molar-refractivity contribution in [2.45, 2.75) is 12.7 Å². The van der Waals surface area contributed by atoms with Gasteiger partial charge >= 0.3 is 6.18 Å². The second-order valence-corrected chi connectivity index (χ2v) is 4.22. The number of aliphatic hydroxyl groups excluding tert-OH is 1. The third-order valence-electron chi connectivity index (χ3n) is 2.57. The van der Waals surface area contributed by atoms with Gasteiger partial charge in [0.1, 0.15) is 0 Å². The van der Waals surface area contributed by atoms with Crippen LogP contribution in [-0.2, 0) is 6.54 Å². The van der Waals surface area contributed by atoms with Gasteiger partial charge in [0.25, 0.3) is 5.91 Å². The van der Waals surface area contributed by atoms with Crippen LogP contribution in [0.15, 0.2) is 24.3 Å². The zero-order chi connectivity index (χ0) is 15.2. The maximum Gasteiger partial charge on any atom is 0.401 e. The van der Waals surface area contributed by atoms with Crippen molar-refractivity contribution in [1.82, 2.24) is 10.3 Å². The van der Waals surface area contributed by atoms with E-state index in [1.807, 2.05) is 5.43 Å². The summed E-state index contributed by atoms with van der Waals surface area (Å²) in [7, 11) is 0. The Morgan fingerprint density at radius 3 is 2.35 bits per heavy atom. The summed E-state index contributed by atoms with van der Waals surface area (Å²) in [6.07, 6.45) is -4.32. The highest BCUT2D eigenvalue weighted by Gasteiger charge is 2.30. The number of amides is 1. The Hall–Kier alpha value is -1.64. The molecule has 0 aliphatic rings. The Morgan fingerprint density at radius 1 is 1.30 bits per heavy atom. The topological polar surface area (TPSA) is 78.6 Å². The van der Waals surface area contributed by atoms with E-state index in [0.29, 0.717) is 11.1 Å². The molecule has 0 aromatic heterocycles. The van der Waals surface area contributed by atoms with Crippen LogP contribution in [0.2, 0.25) is 0 Å². The normalized spacial score (nSPS) is 11.7. The second-order valence-electron chi connectivity index (χ2n) is 4.22. The van der Waals surface area contributed by atoms with Crippen LogP contribution in [-0.4, -0.2) is 41.8 Å². The number of aliphatic hydroxyl groups is 1. The predicted octanol–water partition coefficient (Wildman–Crippen LogP) is 0.647. The van der Waals surface area contributed by atoms with Gasteiger partial charge in [-0.1, -0.05) is 12.1 Å². The zero-order valence-electron chi connectivity index (χ0n) is 10.7. The van der Waals surface area contributed by atoms with Crippen molar-refractivity contribution in [3.8, 4) is 0 Å².